The van der Waals surface area contributed by atoms with Crippen LogP contribution in [0.2, 0.25) is 0 Å². The maximum atomic E-state index is 13.6. The van der Waals surface area contributed by atoms with E-state index in [2.05, 4.69) is 10.1 Å². The number of anilines is 1. The number of nitro benzene ring substituents is 1. The molecule has 0 radical (unpaired) electrons. The third-order valence-electron chi connectivity index (χ3n) is 5.33. The highest BCUT2D eigenvalue weighted by molar-refractivity contribution is 7.22. The molecule has 1 aromatic heterocycles. The van der Waals surface area contributed by atoms with Crippen molar-refractivity contribution in [3.05, 3.63) is 112 Å². The molecule has 4 aromatic carbocycles. The molecular weight excluding hydrogens is 448 g/mol. The minimum atomic E-state index is -0.459. The molecule has 0 saturated carbocycles. The Labute approximate surface area is 198 Å². The van der Waals surface area contributed by atoms with E-state index < -0.39 is 4.92 Å². The zero-order valence-electron chi connectivity index (χ0n) is 18.1. The Balaban J connectivity index is 1.56. The number of nitrogens with zero attached hydrogens (tertiary/aromatic N) is 4. The third kappa shape index (κ3) is 4.26. The standard InChI is InChI=1S/C26H18N4O3S/c1-17-6-13-23-24(14-17)34-26(28-23)29(27-16-18-7-11-22(12-8-18)30(32)33)25(31)21-10-9-19-4-2-3-5-20(19)15-21/h2-16H,1H3/b27-16+. The molecular formula is C26H18N4O3S. The van der Waals surface area contributed by atoms with Gasteiger partial charge in [-0.05, 0) is 65.2 Å². The molecule has 0 aliphatic rings. The Bertz CT molecular complexity index is 1570. The van der Waals surface area contributed by atoms with Crippen LogP contribution in [0.25, 0.3) is 21.0 Å². The molecule has 5 aromatic rings. The molecule has 0 fully saturated rings. The van der Waals surface area contributed by atoms with Crippen LogP contribution in [0.5, 0.6) is 0 Å². The number of carbonyl (C=O) groups is 1. The van der Waals surface area contributed by atoms with Crippen molar-refractivity contribution >= 4 is 55.3 Å². The van der Waals surface area contributed by atoms with Crippen molar-refractivity contribution < 1.29 is 9.72 Å². The highest BCUT2D eigenvalue weighted by Gasteiger charge is 2.21. The fourth-order valence-electron chi connectivity index (χ4n) is 3.55. The Morgan fingerprint density at radius 1 is 1.00 bits per heavy atom. The van der Waals surface area contributed by atoms with Crippen molar-refractivity contribution in [1.29, 1.82) is 0 Å². The van der Waals surface area contributed by atoms with Crippen LogP contribution in [0.1, 0.15) is 21.5 Å². The van der Waals surface area contributed by atoms with Crippen LogP contribution in [0.15, 0.2) is 90.0 Å². The number of aryl methyl sites for hydroxylation is 1. The van der Waals surface area contributed by atoms with Crippen LogP contribution >= 0.6 is 11.3 Å². The number of non-ortho nitro benzene ring substituents is 1. The van der Waals surface area contributed by atoms with Gasteiger partial charge in [0.25, 0.3) is 11.6 Å². The first kappa shape index (κ1) is 21.4. The maximum absolute atomic E-state index is 13.6. The van der Waals surface area contributed by atoms with Gasteiger partial charge in [-0.2, -0.15) is 10.1 Å². The fourth-order valence-corrected chi connectivity index (χ4v) is 4.57. The largest absolute Gasteiger partial charge is 0.280 e. The van der Waals surface area contributed by atoms with Gasteiger partial charge in [0, 0.05) is 17.7 Å². The van der Waals surface area contributed by atoms with Gasteiger partial charge < -0.3 is 0 Å². The summed E-state index contributed by atoms with van der Waals surface area (Å²) in [7, 11) is 0. The number of carbonyl (C=O) groups excluding carboxylic acids is 1. The van der Waals surface area contributed by atoms with E-state index in [-0.39, 0.29) is 11.6 Å². The molecule has 0 aliphatic carbocycles. The molecule has 166 valence electrons. The van der Waals surface area contributed by atoms with E-state index in [9.17, 15) is 14.9 Å². The smallest absolute Gasteiger partial charge is 0.267 e. The van der Waals surface area contributed by atoms with Crippen LogP contribution < -0.4 is 5.01 Å². The van der Waals surface area contributed by atoms with Crippen LogP contribution in [0, 0.1) is 17.0 Å². The van der Waals surface area contributed by atoms with Crippen LogP contribution in [0.4, 0.5) is 10.8 Å². The molecule has 0 spiro atoms. The molecule has 0 saturated heterocycles. The second kappa shape index (κ2) is 8.84. The average Bonchev–Trinajstić information content (AvgIpc) is 3.26. The minimum absolute atomic E-state index is 0.0113. The van der Waals surface area contributed by atoms with E-state index in [1.807, 2.05) is 61.5 Å². The van der Waals surface area contributed by atoms with E-state index >= 15 is 0 Å². The van der Waals surface area contributed by atoms with Crippen LogP contribution in [-0.4, -0.2) is 22.0 Å². The third-order valence-corrected chi connectivity index (χ3v) is 6.32. The van der Waals surface area contributed by atoms with Gasteiger partial charge in [0.1, 0.15) is 0 Å². The monoisotopic (exact) mass is 466 g/mol. The van der Waals surface area contributed by atoms with E-state index in [4.69, 9.17) is 0 Å². The van der Waals surface area contributed by atoms with E-state index in [1.165, 1.54) is 34.7 Å². The van der Waals surface area contributed by atoms with Gasteiger partial charge in [-0.3, -0.25) is 14.9 Å². The molecule has 0 N–H and O–H groups in total. The number of fused-ring (bicyclic) bond motifs is 2. The average molecular weight is 467 g/mol. The summed E-state index contributed by atoms with van der Waals surface area (Å²) >= 11 is 1.38. The van der Waals surface area contributed by atoms with Gasteiger partial charge >= 0.3 is 0 Å². The predicted molar refractivity (Wildman–Crippen MR) is 136 cm³/mol. The van der Waals surface area contributed by atoms with Gasteiger partial charge in [0.2, 0.25) is 5.13 Å². The van der Waals surface area contributed by atoms with Crippen LogP contribution in [-0.2, 0) is 0 Å². The highest BCUT2D eigenvalue weighted by Crippen LogP contribution is 2.31. The molecule has 8 heteroatoms. The number of aromatic nitrogens is 1. The summed E-state index contributed by atoms with van der Waals surface area (Å²) in [6.45, 7) is 2.00. The molecule has 0 bridgehead atoms. The number of hydrazone groups is 1. The summed E-state index contributed by atoms with van der Waals surface area (Å²) in [5, 5.41) is 19.1. The minimum Gasteiger partial charge on any atom is -0.267 e. The molecule has 34 heavy (non-hydrogen) atoms. The van der Waals surface area contributed by atoms with E-state index in [0.717, 1.165) is 26.6 Å². The molecule has 0 aliphatic heterocycles. The highest BCUT2D eigenvalue weighted by atomic mass is 32.1. The quantitative estimate of drug-likeness (QED) is 0.172. The number of benzene rings is 4. The van der Waals surface area contributed by atoms with Gasteiger partial charge in [-0.1, -0.05) is 47.7 Å². The summed E-state index contributed by atoms with van der Waals surface area (Å²) in [4.78, 5) is 28.7. The SMILES string of the molecule is Cc1ccc2nc(N(/N=C/c3ccc([N+](=O)[O-])cc3)C(=O)c3ccc4ccccc4c3)sc2c1. The lowest BCUT2D eigenvalue weighted by molar-refractivity contribution is -0.384. The van der Waals surface area contributed by atoms with E-state index in [1.54, 1.807) is 18.2 Å². The predicted octanol–water partition coefficient (Wildman–Crippen LogP) is 6.35. The Morgan fingerprint density at radius 3 is 2.53 bits per heavy atom. The fraction of sp³-hybridized carbons (Fsp3) is 0.0385. The van der Waals surface area contributed by atoms with Crippen LogP contribution in [0.3, 0.4) is 0 Å². The van der Waals surface area contributed by atoms with Crippen molar-refractivity contribution in [2.24, 2.45) is 5.10 Å². The van der Waals surface area contributed by atoms with Crippen molar-refractivity contribution in [3.8, 4) is 0 Å². The summed E-state index contributed by atoms with van der Waals surface area (Å²) in [5.41, 5.74) is 2.98. The molecule has 7 nitrogen and oxygen atoms in total. The lowest BCUT2D eigenvalue weighted by atomic mass is 10.1. The Kier molecular flexibility index (Phi) is 5.57. The zero-order valence-corrected chi connectivity index (χ0v) is 18.9. The number of thiazole rings is 1. The summed E-state index contributed by atoms with van der Waals surface area (Å²) in [5.74, 6) is -0.320. The van der Waals surface area contributed by atoms with Crippen molar-refractivity contribution in [2.45, 2.75) is 6.92 Å². The first-order valence-corrected chi connectivity index (χ1v) is 11.3. The van der Waals surface area contributed by atoms with Crippen molar-refractivity contribution in [2.75, 3.05) is 5.01 Å². The second-order valence-electron chi connectivity index (χ2n) is 7.74. The van der Waals surface area contributed by atoms with Gasteiger partial charge in [-0.15, -0.1) is 0 Å². The molecule has 5 rings (SSSR count). The molecule has 1 heterocycles. The second-order valence-corrected chi connectivity index (χ2v) is 8.75. The summed E-state index contributed by atoms with van der Waals surface area (Å²) in [6, 6.07) is 25.2. The summed E-state index contributed by atoms with van der Waals surface area (Å²) in [6.07, 6.45) is 1.50. The van der Waals surface area contributed by atoms with E-state index in [0.29, 0.717) is 16.3 Å². The van der Waals surface area contributed by atoms with Gasteiger partial charge in [0.15, 0.2) is 0 Å². The molecule has 0 unspecified atom stereocenters. The first-order valence-electron chi connectivity index (χ1n) is 10.5. The maximum Gasteiger partial charge on any atom is 0.280 e. The normalized spacial score (nSPS) is 11.3. The number of hydrogen-bond acceptors (Lipinski definition) is 6. The topological polar surface area (TPSA) is 88.7 Å². The Hall–Kier alpha value is -4.43. The number of amides is 1. The van der Waals surface area contributed by atoms with Gasteiger partial charge in [0.05, 0.1) is 21.4 Å². The number of rotatable bonds is 5. The molecule has 1 amide bonds. The number of hydrogen-bond donors (Lipinski definition) is 0. The number of nitro groups is 1. The van der Waals surface area contributed by atoms with Gasteiger partial charge in [-0.25, -0.2) is 4.98 Å². The van der Waals surface area contributed by atoms with Crippen molar-refractivity contribution in [1.82, 2.24) is 4.98 Å². The molecule has 0 atom stereocenters. The zero-order chi connectivity index (χ0) is 23.7. The summed E-state index contributed by atoms with van der Waals surface area (Å²) < 4.78 is 0.955. The van der Waals surface area contributed by atoms with Crippen molar-refractivity contribution in [3.63, 3.8) is 0 Å². The lowest BCUT2D eigenvalue weighted by Gasteiger charge is -2.14. The Morgan fingerprint density at radius 2 is 1.76 bits per heavy atom. The lowest BCUT2D eigenvalue weighted by Crippen LogP contribution is -2.25. The first-order chi connectivity index (χ1) is 16.5.